The van der Waals surface area contributed by atoms with Gasteiger partial charge in [-0.3, -0.25) is 9.38 Å². The molecule has 0 saturated heterocycles. The summed E-state index contributed by atoms with van der Waals surface area (Å²) in [6.07, 6.45) is 6.89. The van der Waals surface area contributed by atoms with E-state index in [1.165, 1.54) is 6.20 Å². The first kappa shape index (κ1) is 8.84. The molecule has 0 aromatic carbocycles. The lowest BCUT2D eigenvalue weighted by molar-refractivity contribution is 1.14. The van der Waals surface area contributed by atoms with Gasteiger partial charge in [0.1, 0.15) is 17.2 Å². The predicted octanol–water partition coefficient (Wildman–Crippen LogP) is 1.37. The van der Waals surface area contributed by atoms with Gasteiger partial charge >= 0.3 is 0 Å². The van der Waals surface area contributed by atoms with Crippen LogP contribution in [0.15, 0.2) is 43.0 Å². The van der Waals surface area contributed by atoms with E-state index in [1.54, 1.807) is 12.4 Å². The van der Waals surface area contributed by atoms with Crippen molar-refractivity contribution in [1.29, 1.82) is 0 Å². The molecule has 3 aromatic rings. The molecule has 0 radical (unpaired) electrons. The minimum Gasteiger partial charge on any atom is -0.382 e. The second-order valence-corrected chi connectivity index (χ2v) is 3.40. The molecule has 0 bridgehead atoms. The van der Waals surface area contributed by atoms with E-state index in [0.29, 0.717) is 5.82 Å². The zero-order chi connectivity index (χ0) is 11.0. The number of anilines is 1. The van der Waals surface area contributed by atoms with Crippen LogP contribution >= 0.6 is 0 Å². The predicted molar refractivity (Wildman–Crippen MR) is 60.6 cm³/mol. The summed E-state index contributed by atoms with van der Waals surface area (Å²) >= 11 is 0. The van der Waals surface area contributed by atoms with Crippen LogP contribution in [0.5, 0.6) is 0 Å². The van der Waals surface area contributed by atoms with E-state index in [9.17, 15) is 0 Å². The van der Waals surface area contributed by atoms with Crippen LogP contribution in [0.3, 0.4) is 0 Å². The van der Waals surface area contributed by atoms with E-state index in [2.05, 4.69) is 15.0 Å². The summed E-state index contributed by atoms with van der Waals surface area (Å²) in [7, 11) is 0. The zero-order valence-electron chi connectivity index (χ0n) is 8.41. The standard InChI is InChI=1S/C11H9N5/c12-10-7-13-5-8(15-10)9-6-14-11-3-1-2-4-16(9)11/h1-7H,(H2,12,15). The third-order valence-electron chi connectivity index (χ3n) is 2.33. The van der Waals surface area contributed by atoms with Crippen molar-refractivity contribution in [3.05, 3.63) is 43.0 Å². The molecule has 5 nitrogen and oxygen atoms in total. The van der Waals surface area contributed by atoms with Crippen molar-refractivity contribution in [3.8, 4) is 11.4 Å². The number of nitrogens with two attached hydrogens (primary N) is 1. The van der Waals surface area contributed by atoms with Crippen molar-refractivity contribution in [2.45, 2.75) is 0 Å². The Bertz CT molecular complexity index is 643. The lowest BCUT2D eigenvalue weighted by Crippen LogP contribution is -1.95. The van der Waals surface area contributed by atoms with Crippen LogP contribution in [0.1, 0.15) is 0 Å². The highest BCUT2D eigenvalue weighted by atomic mass is 15.0. The molecule has 3 rings (SSSR count). The number of nitrogen functional groups attached to an aromatic ring is 1. The minimum absolute atomic E-state index is 0.406. The number of nitrogens with zero attached hydrogens (tertiary/aromatic N) is 4. The van der Waals surface area contributed by atoms with Crippen LogP contribution in [-0.2, 0) is 0 Å². The molecular formula is C11H9N5. The van der Waals surface area contributed by atoms with Crippen LogP contribution in [-0.4, -0.2) is 19.4 Å². The van der Waals surface area contributed by atoms with Gasteiger partial charge in [-0.25, -0.2) is 9.97 Å². The number of imidazole rings is 1. The van der Waals surface area contributed by atoms with Gasteiger partial charge in [0.25, 0.3) is 0 Å². The fourth-order valence-corrected chi connectivity index (χ4v) is 1.63. The molecule has 5 heteroatoms. The van der Waals surface area contributed by atoms with E-state index in [0.717, 1.165) is 17.0 Å². The summed E-state index contributed by atoms with van der Waals surface area (Å²) in [6.45, 7) is 0. The molecule has 0 spiro atoms. The van der Waals surface area contributed by atoms with Gasteiger partial charge in [0.05, 0.1) is 24.3 Å². The Balaban J connectivity index is 2.26. The molecule has 0 amide bonds. The molecule has 2 N–H and O–H groups in total. The van der Waals surface area contributed by atoms with Gasteiger partial charge in [0, 0.05) is 6.20 Å². The van der Waals surface area contributed by atoms with Crippen molar-refractivity contribution in [3.63, 3.8) is 0 Å². The van der Waals surface area contributed by atoms with Crippen LogP contribution < -0.4 is 5.73 Å². The third-order valence-corrected chi connectivity index (χ3v) is 2.33. The molecule has 0 unspecified atom stereocenters. The van der Waals surface area contributed by atoms with Crippen molar-refractivity contribution in [1.82, 2.24) is 19.4 Å². The molecule has 3 aromatic heterocycles. The first-order valence-electron chi connectivity index (χ1n) is 4.84. The Kier molecular flexibility index (Phi) is 1.83. The van der Waals surface area contributed by atoms with Crippen molar-refractivity contribution < 1.29 is 0 Å². The van der Waals surface area contributed by atoms with Crippen LogP contribution in [0, 0.1) is 0 Å². The third kappa shape index (κ3) is 1.30. The Morgan fingerprint density at radius 1 is 1.12 bits per heavy atom. The maximum atomic E-state index is 5.61. The quantitative estimate of drug-likeness (QED) is 0.660. The number of rotatable bonds is 1. The van der Waals surface area contributed by atoms with E-state index in [-0.39, 0.29) is 0 Å². The molecule has 78 valence electrons. The minimum atomic E-state index is 0.406. The van der Waals surface area contributed by atoms with E-state index < -0.39 is 0 Å². The number of aromatic nitrogens is 4. The van der Waals surface area contributed by atoms with Crippen LogP contribution in [0.4, 0.5) is 5.82 Å². The second kappa shape index (κ2) is 3.30. The summed E-state index contributed by atoms with van der Waals surface area (Å²) in [4.78, 5) is 12.5. The average molecular weight is 211 g/mol. The van der Waals surface area contributed by atoms with Gasteiger partial charge in [-0.1, -0.05) is 6.07 Å². The summed E-state index contributed by atoms with van der Waals surface area (Å²) in [5.74, 6) is 0.406. The molecule has 0 atom stereocenters. The SMILES string of the molecule is Nc1cncc(-c2cnc3ccccn23)n1. The maximum absolute atomic E-state index is 5.61. The monoisotopic (exact) mass is 211 g/mol. The molecule has 0 aliphatic heterocycles. The fourth-order valence-electron chi connectivity index (χ4n) is 1.63. The van der Waals surface area contributed by atoms with E-state index >= 15 is 0 Å². The van der Waals surface area contributed by atoms with Crippen molar-refractivity contribution in [2.24, 2.45) is 0 Å². The highest BCUT2D eigenvalue weighted by Crippen LogP contribution is 2.18. The van der Waals surface area contributed by atoms with Gasteiger partial charge in [-0.05, 0) is 12.1 Å². The fraction of sp³-hybridized carbons (Fsp3) is 0. The smallest absolute Gasteiger partial charge is 0.142 e. The van der Waals surface area contributed by atoms with Gasteiger partial charge < -0.3 is 5.73 Å². The number of pyridine rings is 1. The summed E-state index contributed by atoms with van der Waals surface area (Å²) in [6, 6.07) is 5.82. The van der Waals surface area contributed by atoms with Gasteiger partial charge in [-0.15, -0.1) is 0 Å². The summed E-state index contributed by atoms with van der Waals surface area (Å²) < 4.78 is 1.95. The van der Waals surface area contributed by atoms with Gasteiger partial charge in [-0.2, -0.15) is 0 Å². The lowest BCUT2D eigenvalue weighted by Gasteiger charge is -2.00. The van der Waals surface area contributed by atoms with E-state index in [1.807, 2.05) is 28.8 Å². The number of fused-ring (bicyclic) bond motifs is 1. The van der Waals surface area contributed by atoms with Crippen LogP contribution in [0.25, 0.3) is 17.0 Å². The zero-order valence-corrected chi connectivity index (χ0v) is 8.41. The Hall–Kier alpha value is -2.43. The molecule has 0 aliphatic rings. The molecule has 0 fully saturated rings. The first-order chi connectivity index (χ1) is 7.84. The van der Waals surface area contributed by atoms with Crippen LogP contribution in [0.2, 0.25) is 0 Å². The number of hydrogen-bond acceptors (Lipinski definition) is 4. The Morgan fingerprint density at radius 2 is 2.06 bits per heavy atom. The summed E-state index contributed by atoms with van der Waals surface area (Å²) in [5, 5.41) is 0. The normalized spacial score (nSPS) is 10.8. The van der Waals surface area contributed by atoms with Crippen molar-refractivity contribution in [2.75, 3.05) is 5.73 Å². The maximum Gasteiger partial charge on any atom is 0.142 e. The highest BCUT2D eigenvalue weighted by Gasteiger charge is 2.06. The number of hydrogen-bond donors (Lipinski definition) is 1. The lowest BCUT2D eigenvalue weighted by atomic mass is 10.3. The molecule has 16 heavy (non-hydrogen) atoms. The Morgan fingerprint density at radius 3 is 2.94 bits per heavy atom. The van der Waals surface area contributed by atoms with Crippen molar-refractivity contribution >= 4 is 11.5 Å². The topological polar surface area (TPSA) is 69.1 Å². The van der Waals surface area contributed by atoms with E-state index in [4.69, 9.17) is 5.73 Å². The second-order valence-electron chi connectivity index (χ2n) is 3.40. The highest BCUT2D eigenvalue weighted by molar-refractivity contribution is 5.60. The first-order valence-corrected chi connectivity index (χ1v) is 4.84. The molecule has 3 heterocycles. The average Bonchev–Trinajstić information content (AvgIpc) is 2.72. The largest absolute Gasteiger partial charge is 0.382 e. The molecule has 0 saturated carbocycles. The summed E-state index contributed by atoms with van der Waals surface area (Å²) in [5.41, 5.74) is 8.09. The molecule has 0 aliphatic carbocycles. The molecular weight excluding hydrogens is 202 g/mol. The Labute approximate surface area is 91.6 Å². The van der Waals surface area contributed by atoms with Gasteiger partial charge in [0.2, 0.25) is 0 Å². The van der Waals surface area contributed by atoms with Gasteiger partial charge in [0.15, 0.2) is 0 Å².